The summed E-state index contributed by atoms with van der Waals surface area (Å²) in [6.07, 6.45) is -0.297. The molecule has 2 aromatic rings. The van der Waals surface area contributed by atoms with E-state index < -0.39 is 150 Å². The van der Waals surface area contributed by atoms with Crippen molar-refractivity contribution < 1.29 is 82.0 Å². The average Bonchev–Trinajstić information content (AvgIpc) is 1.96. The maximum atomic E-state index is 14.8. The van der Waals surface area contributed by atoms with Gasteiger partial charge in [0.25, 0.3) is 11.8 Å². The van der Waals surface area contributed by atoms with Crippen LogP contribution >= 0.6 is 0 Å². The number of aliphatic hydroxyl groups is 1. The van der Waals surface area contributed by atoms with Crippen LogP contribution in [0.3, 0.4) is 0 Å². The quantitative estimate of drug-likeness (QED) is 0.0439. The summed E-state index contributed by atoms with van der Waals surface area (Å²) in [7, 11) is 6.02. The predicted molar refractivity (Wildman–Crippen MR) is 352 cm³/mol. The van der Waals surface area contributed by atoms with E-state index in [1.165, 1.54) is 45.2 Å². The molecule has 0 radical (unpaired) electrons. The van der Waals surface area contributed by atoms with Crippen LogP contribution < -0.4 is 31.9 Å². The molecular formula is C68H102N10O17. The van der Waals surface area contributed by atoms with Crippen molar-refractivity contribution in [2.24, 2.45) is 29.6 Å². The van der Waals surface area contributed by atoms with Crippen molar-refractivity contribution in [3.05, 3.63) is 77.9 Å². The van der Waals surface area contributed by atoms with Crippen molar-refractivity contribution in [2.45, 2.75) is 201 Å². The molecule has 0 aliphatic carbocycles. The number of carboxylic acids is 1. The number of methoxy groups -OCH3 is 2. The lowest BCUT2D eigenvalue weighted by Gasteiger charge is -2.41. The van der Waals surface area contributed by atoms with Crippen LogP contribution in [0.5, 0.6) is 0 Å². The van der Waals surface area contributed by atoms with Crippen LogP contribution in [0.1, 0.15) is 145 Å². The van der Waals surface area contributed by atoms with Gasteiger partial charge < -0.3 is 66.1 Å². The third kappa shape index (κ3) is 23.0. The maximum absolute atomic E-state index is 14.8. The number of carboxylic acid groups (broad SMARTS) is 1. The van der Waals surface area contributed by atoms with Gasteiger partial charge in [0, 0.05) is 72.1 Å². The second-order valence-electron chi connectivity index (χ2n) is 25.9. The zero-order valence-electron chi connectivity index (χ0n) is 57.7. The molecule has 8 N–H and O–H groups in total. The largest absolute Gasteiger partial charge is 0.481 e. The first-order valence-corrected chi connectivity index (χ1v) is 32.7. The minimum atomic E-state index is -1.39. The van der Waals surface area contributed by atoms with E-state index >= 15 is 0 Å². The van der Waals surface area contributed by atoms with Gasteiger partial charge in [0.15, 0.2) is 0 Å². The fourth-order valence-electron chi connectivity index (χ4n) is 11.9. The van der Waals surface area contributed by atoms with Gasteiger partial charge in [-0.15, -0.1) is 0 Å². The number of hydrogen-bond donors (Lipinski definition) is 8. The van der Waals surface area contributed by atoms with Crippen LogP contribution in [0.4, 0.5) is 10.5 Å². The van der Waals surface area contributed by atoms with Crippen LogP contribution in [-0.4, -0.2) is 203 Å². The lowest BCUT2D eigenvalue weighted by molar-refractivity contribution is -0.148. The van der Waals surface area contributed by atoms with Gasteiger partial charge >= 0.3 is 12.1 Å². The van der Waals surface area contributed by atoms with Gasteiger partial charge in [-0.05, 0) is 86.5 Å². The third-order valence-corrected chi connectivity index (χ3v) is 17.5. The van der Waals surface area contributed by atoms with Gasteiger partial charge in [-0.3, -0.25) is 62.5 Å². The number of likely N-dealkylation sites (tertiary alicyclic amines) is 1. The molecule has 1 saturated heterocycles. The number of nitrogens with one attached hydrogen (secondary N) is 6. The Kier molecular flexibility index (Phi) is 31.4. The second kappa shape index (κ2) is 37.7. The van der Waals surface area contributed by atoms with Gasteiger partial charge in [0.1, 0.15) is 36.8 Å². The number of anilines is 1. The summed E-state index contributed by atoms with van der Waals surface area (Å²) < 4.78 is 17.7. The number of benzene rings is 2. The molecule has 0 aromatic heterocycles. The van der Waals surface area contributed by atoms with Crippen LogP contribution in [0.15, 0.2) is 66.7 Å². The molecule has 2 aliphatic heterocycles. The van der Waals surface area contributed by atoms with Gasteiger partial charge in [-0.25, -0.2) is 4.79 Å². The summed E-state index contributed by atoms with van der Waals surface area (Å²) in [5.41, 5.74) is 1.36. The molecule has 0 unspecified atom stereocenters. The van der Waals surface area contributed by atoms with Crippen molar-refractivity contribution in [2.75, 3.05) is 46.7 Å². The second-order valence-corrected chi connectivity index (χ2v) is 25.9. The molecule has 526 valence electrons. The number of aliphatic carboxylic acids is 1. The first-order chi connectivity index (χ1) is 44.8. The normalized spacial score (nSPS) is 17.7. The number of amides is 11. The van der Waals surface area contributed by atoms with E-state index in [1.54, 1.807) is 77.8 Å². The number of ether oxygens (including phenoxy) is 3. The van der Waals surface area contributed by atoms with Crippen LogP contribution in [-0.2, 0) is 73.6 Å². The molecule has 2 aliphatic rings. The Bertz CT molecular complexity index is 2980. The van der Waals surface area contributed by atoms with E-state index in [0.717, 1.165) is 22.0 Å². The number of carbonyl (C=O) groups is 12. The monoisotopic (exact) mass is 1330 g/mol. The van der Waals surface area contributed by atoms with E-state index in [0.29, 0.717) is 36.9 Å². The highest BCUT2D eigenvalue weighted by atomic mass is 16.6. The summed E-state index contributed by atoms with van der Waals surface area (Å²) in [5.74, 6) is -8.86. The minimum Gasteiger partial charge on any atom is -0.481 e. The van der Waals surface area contributed by atoms with E-state index in [2.05, 4.69) is 31.9 Å². The molecule has 2 aromatic carbocycles. The summed E-state index contributed by atoms with van der Waals surface area (Å²) in [6, 6.07) is 7.44. The molecule has 4 rings (SSSR count). The molecule has 11 amide bonds. The van der Waals surface area contributed by atoms with E-state index in [1.807, 2.05) is 45.9 Å². The van der Waals surface area contributed by atoms with Crippen molar-refractivity contribution in [3.8, 4) is 0 Å². The standard InChI is InChI=1S/C68H102N10O17/c1-16-41(8)59(51(93-14)36-55(82)77-33-20-23-50(77)61(94-15)42(9)62(86)69-43(10)60(85)46-21-18-17-19-22-46)75(12)67(91)57(39(4)5)74-66(90)58(40(6)7)76(13)68(92)95-37-45-24-26-47(27-25-45)71-64(88)48(28-31-56(83)84)73-63(87)44(11)70-65(89)49(35-38(2)3)72-52(79)32-34-78-53(80)29-30-54(78)81/h17-19,21-22,24-27,29-30,38-44,48-51,57-61,85H,16,20,23,28,31-37H2,1-15H3,(H,69,86)(H,70,89)(H,71,88)(H,72,79)(H,73,87)(H,74,90)(H,83,84)/t41-,42+,43+,44-,48-,49+,50-,51+,57-,58-,59-,60+,61+/m0/s1. The van der Waals surface area contributed by atoms with E-state index in [9.17, 15) is 67.7 Å². The van der Waals surface area contributed by atoms with Gasteiger partial charge in [0.2, 0.25) is 47.3 Å². The number of aliphatic hydroxyl groups excluding tert-OH is 1. The fourth-order valence-corrected chi connectivity index (χ4v) is 11.9. The lowest BCUT2D eigenvalue weighted by atomic mass is 9.89. The predicted octanol–water partition coefficient (Wildman–Crippen LogP) is 4.22. The summed E-state index contributed by atoms with van der Waals surface area (Å²) in [5, 5.41) is 36.5. The molecule has 95 heavy (non-hydrogen) atoms. The Hall–Kier alpha value is -8.30. The van der Waals surface area contributed by atoms with Gasteiger partial charge in [-0.2, -0.15) is 0 Å². The van der Waals surface area contributed by atoms with Crippen LogP contribution in [0, 0.1) is 29.6 Å². The zero-order chi connectivity index (χ0) is 71.1. The average molecular weight is 1330 g/mol. The molecule has 0 saturated carbocycles. The first kappa shape index (κ1) is 79.1. The SMILES string of the molecule is CC[C@H](C)[C@@H]([C@@H](CC(=O)N1CCC[C@H]1[C@H](OC)[C@@H](C)C(=O)N[C@H](C)[C@@H](O)c1ccccc1)OC)N(C)C(=O)[C@@H](NC(=O)[C@H](C(C)C)N(C)C(=O)OCc1ccc(NC(=O)[C@H](CCC(=O)O)NC(=O)[C@H](C)NC(=O)[C@@H](CC(C)C)NC(=O)CCN2C(=O)C=CC2=O)cc1)C(C)C. The highest BCUT2D eigenvalue weighted by molar-refractivity contribution is 6.13. The Morgan fingerprint density at radius 2 is 1.33 bits per heavy atom. The molecular weight excluding hydrogens is 1230 g/mol. The van der Waals surface area contributed by atoms with Crippen molar-refractivity contribution in [1.82, 2.24) is 46.2 Å². The highest BCUT2D eigenvalue weighted by Gasteiger charge is 2.44. The number of rotatable bonds is 37. The Morgan fingerprint density at radius 3 is 1.88 bits per heavy atom. The van der Waals surface area contributed by atoms with Crippen LogP contribution in [0.25, 0.3) is 0 Å². The Balaban J connectivity index is 1.37. The van der Waals surface area contributed by atoms with Crippen molar-refractivity contribution >= 4 is 76.8 Å². The molecule has 2 heterocycles. The molecule has 1 fully saturated rings. The summed E-state index contributed by atoms with van der Waals surface area (Å²) in [6.45, 7) is 19.3. The van der Waals surface area contributed by atoms with Crippen molar-refractivity contribution in [3.63, 3.8) is 0 Å². The number of hydrogen-bond acceptors (Lipinski definition) is 16. The van der Waals surface area contributed by atoms with Gasteiger partial charge in [0.05, 0.1) is 48.8 Å². The summed E-state index contributed by atoms with van der Waals surface area (Å²) >= 11 is 0. The maximum Gasteiger partial charge on any atom is 0.410 e. The number of nitrogens with zero attached hydrogens (tertiary/aromatic N) is 4. The molecule has 27 heteroatoms. The fraction of sp³-hybridized carbons (Fsp3) is 0.618. The first-order valence-electron chi connectivity index (χ1n) is 32.7. The topological polar surface area (TPSA) is 358 Å². The van der Waals surface area contributed by atoms with Crippen LogP contribution in [0.2, 0.25) is 0 Å². The zero-order valence-corrected chi connectivity index (χ0v) is 57.7. The number of likely N-dealkylation sites (N-methyl/N-ethyl adjacent to an activating group) is 2. The lowest BCUT2D eigenvalue weighted by Crippen LogP contribution is -2.60. The molecule has 0 bridgehead atoms. The smallest absolute Gasteiger partial charge is 0.410 e. The Morgan fingerprint density at radius 1 is 0.695 bits per heavy atom. The van der Waals surface area contributed by atoms with Gasteiger partial charge in [-0.1, -0.05) is 111 Å². The highest BCUT2D eigenvalue weighted by Crippen LogP contribution is 2.31. The third-order valence-electron chi connectivity index (χ3n) is 17.5. The Labute approximate surface area is 557 Å². The van der Waals surface area contributed by atoms with Crippen molar-refractivity contribution in [1.29, 1.82) is 0 Å². The van der Waals surface area contributed by atoms with E-state index in [4.69, 9.17) is 14.2 Å². The van der Waals surface area contributed by atoms with E-state index in [-0.39, 0.29) is 68.2 Å². The molecule has 0 spiro atoms. The summed E-state index contributed by atoms with van der Waals surface area (Å²) in [4.78, 5) is 165. The molecule has 27 nitrogen and oxygen atoms in total. The minimum absolute atomic E-state index is 0.0933. The number of imide groups is 1. The molecule has 13 atom stereocenters. The number of carbonyl (C=O) groups excluding carboxylic acids is 11.